The number of thioether (sulfide) groups is 1. The number of anilines is 1. The second-order valence-corrected chi connectivity index (χ2v) is 10.6. The number of aromatic nitrogens is 3. The number of rotatable bonds is 14. The molecule has 0 saturated carbocycles. The standard InChI is InChI=1S/C28H35N5O6S/c34-16-19-7-9-20(10-8-19)24-15-23(17-40-28-29-18-30-32-28)38-27(39-24)21-11-13-22(14-12-21)31-25(35)5-3-1-2-4-6-26(36)33-37/h7-14,18,23-24,27,34,37H,1-6,15-17H2,(H,31,35)(H,33,36)(H,29,30,32)/t23-,24+,27+/m1/s1. The second-order valence-electron chi connectivity index (χ2n) is 9.57. The smallest absolute Gasteiger partial charge is 0.243 e. The van der Waals surface area contributed by atoms with Crippen LogP contribution in [0.5, 0.6) is 0 Å². The van der Waals surface area contributed by atoms with E-state index in [2.05, 4.69) is 20.5 Å². The molecule has 5 N–H and O–H groups in total. The van der Waals surface area contributed by atoms with Crippen molar-refractivity contribution in [2.45, 2.75) is 75.2 Å². The molecule has 0 radical (unpaired) electrons. The maximum atomic E-state index is 12.4. The zero-order valence-electron chi connectivity index (χ0n) is 22.1. The normalized spacial score (nSPS) is 18.8. The molecule has 40 heavy (non-hydrogen) atoms. The number of H-pyrrole nitrogens is 1. The highest BCUT2D eigenvalue weighted by molar-refractivity contribution is 7.99. The molecule has 12 heteroatoms. The quantitative estimate of drug-likeness (QED) is 0.0820. The van der Waals surface area contributed by atoms with Gasteiger partial charge in [-0.1, -0.05) is 61.0 Å². The molecular formula is C28H35N5O6S. The van der Waals surface area contributed by atoms with Crippen molar-refractivity contribution in [3.8, 4) is 0 Å². The van der Waals surface area contributed by atoms with Crippen molar-refractivity contribution < 1.29 is 29.4 Å². The van der Waals surface area contributed by atoms with Crippen LogP contribution in [0, 0.1) is 0 Å². The molecule has 2 heterocycles. The molecule has 11 nitrogen and oxygen atoms in total. The zero-order valence-corrected chi connectivity index (χ0v) is 22.9. The molecule has 214 valence electrons. The Labute approximate surface area is 237 Å². The fourth-order valence-corrected chi connectivity index (χ4v) is 5.18. The molecule has 1 fully saturated rings. The van der Waals surface area contributed by atoms with Crippen LogP contribution >= 0.6 is 11.8 Å². The summed E-state index contributed by atoms with van der Waals surface area (Å²) in [4.78, 5) is 27.6. The van der Waals surface area contributed by atoms with E-state index >= 15 is 0 Å². The summed E-state index contributed by atoms with van der Waals surface area (Å²) in [5.74, 6) is 0.212. The predicted molar refractivity (Wildman–Crippen MR) is 148 cm³/mol. The Balaban J connectivity index is 1.32. The highest BCUT2D eigenvalue weighted by Crippen LogP contribution is 2.39. The number of aliphatic hydroxyl groups excluding tert-OH is 1. The van der Waals surface area contributed by atoms with Crippen LogP contribution in [0.15, 0.2) is 60.0 Å². The molecule has 0 aliphatic carbocycles. The average Bonchev–Trinajstić information content (AvgIpc) is 3.52. The number of aliphatic hydroxyl groups is 1. The van der Waals surface area contributed by atoms with Gasteiger partial charge in [0, 0.05) is 36.3 Å². The van der Waals surface area contributed by atoms with Gasteiger partial charge in [-0.05, 0) is 36.1 Å². The van der Waals surface area contributed by atoms with Crippen molar-refractivity contribution in [3.05, 3.63) is 71.5 Å². The summed E-state index contributed by atoms with van der Waals surface area (Å²) in [6.07, 6.45) is 4.99. The average molecular weight is 570 g/mol. The van der Waals surface area contributed by atoms with E-state index in [1.807, 2.05) is 48.5 Å². The molecule has 1 saturated heterocycles. The van der Waals surface area contributed by atoms with Crippen LogP contribution in [-0.4, -0.2) is 49.2 Å². The lowest BCUT2D eigenvalue weighted by Gasteiger charge is -2.36. The molecule has 0 bridgehead atoms. The number of hydrogen-bond donors (Lipinski definition) is 5. The summed E-state index contributed by atoms with van der Waals surface area (Å²) in [6.45, 7) is -0.0115. The van der Waals surface area contributed by atoms with Crippen LogP contribution in [0.3, 0.4) is 0 Å². The van der Waals surface area contributed by atoms with Gasteiger partial charge in [-0.25, -0.2) is 10.5 Å². The van der Waals surface area contributed by atoms with E-state index in [4.69, 9.17) is 14.7 Å². The first kappa shape index (κ1) is 29.7. The van der Waals surface area contributed by atoms with Crippen molar-refractivity contribution >= 4 is 29.3 Å². The van der Waals surface area contributed by atoms with Gasteiger partial charge in [0.1, 0.15) is 6.33 Å². The summed E-state index contributed by atoms with van der Waals surface area (Å²) in [5.41, 5.74) is 5.01. The summed E-state index contributed by atoms with van der Waals surface area (Å²) < 4.78 is 12.7. The summed E-state index contributed by atoms with van der Waals surface area (Å²) >= 11 is 1.54. The third-order valence-corrected chi connectivity index (χ3v) is 7.57. The number of hydrogen-bond acceptors (Lipinski definition) is 9. The Morgan fingerprint density at radius 1 is 0.950 bits per heavy atom. The lowest BCUT2D eigenvalue weighted by atomic mass is 10.0. The summed E-state index contributed by atoms with van der Waals surface area (Å²) in [6, 6.07) is 15.2. The van der Waals surface area contributed by atoms with Gasteiger partial charge in [0.2, 0.25) is 11.8 Å². The SMILES string of the molecule is O=C(CCCCCCC(=O)Nc1ccc([C@H]2O[C@@H](CSc3ncn[nH]3)C[C@@H](c3ccc(CO)cc3)O2)cc1)NO. The lowest BCUT2D eigenvalue weighted by Crippen LogP contribution is -2.31. The van der Waals surface area contributed by atoms with Crippen molar-refractivity contribution in [2.24, 2.45) is 0 Å². The van der Waals surface area contributed by atoms with Crippen LogP contribution in [0.25, 0.3) is 0 Å². The van der Waals surface area contributed by atoms with Gasteiger partial charge in [-0.3, -0.25) is 19.9 Å². The first-order valence-electron chi connectivity index (χ1n) is 13.4. The molecule has 3 atom stereocenters. The first-order valence-corrected chi connectivity index (χ1v) is 14.3. The van der Waals surface area contributed by atoms with Gasteiger partial charge in [0.15, 0.2) is 11.4 Å². The van der Waals surface area contributed by atoms with E-state index in [0.717, 1.165) is 41.1 Å². The Morgan fingerprint density at radius 2 is 1.65 bits per heavy atom. The van der Waals surface area contributed by atoms with Crippen LogP contribution < -0.4 is 10.8 Å². The molecule has 3 aromatic rings. The number of nitrogens with one attached hydrogen (secondary N) is 3. The van der Waals surface area contributed by atoms with Crippen molar-refractivity contribution in [3.63, 3.8) is 0 Å². The van der Waals surface area contributed by atoms with Crippen LogP contribution in [0.2, 0.25) is 0 Å². The molecule has 1 aliphatic rings. The second kappa shape index (κ2) is 15.5. The summed E-state index contributed by atoms with van der Waals surface area (Å²) in [5, 5.41) is 28.3. The maximum Gasteiger partial charge on any atom is 0.243 e. The third-order valence-electron chi connectivity index (χ3n) is 6.56. The minimum absolute atomic E-state index is 0.0115. The molecule has 1 aliphatic heterocycles. The molecule has 4 rings (SSSR count). The van der Waals surface area contributed by atoms with E-state index in [1.165, 1.54) is 18.1 Å². The van der Waals surface area contributed by atoms with E-state index in [9.17, 15) is 14.7 Å². The lowest BCUT2D eigenvalue weighted by molar-refractivity contribution is -0.245. The molecule has 0 unspecified atom stereocenters. The Morgan fingerprint density at radius 3 is 2.30 bits per heavy atom. The van der Waals surface area contributed by atoms with Crippen molar-refractivity contribution in [1.82, 2.24) is 20.7 Å². The number of carbonyl (C=O) groups excluding carboxylic acids is 2. The highest BCUT2D eigenvalue weighted by atomic mass is 32.2. The van der Waals surface area contributed by atoms with Gasteiger partial charge in [-0.2, -0.15) is 5.10 Å². The van der Waals surface area contributed by atoms with Gasteiger partial charge in [0.05, 0.1) is 18.8 Å². The van der Waals surface area contributed by atoms with Crippen molar-refractivity contribution in [1.29, 1.82) is 0 Å². The number of hydroxylamine groups is 1. The summed E-state index contributed by atoms with van der Waals surface area (Å²) in [7, 11) is 0. The minimum Gasteiger partial charge on any atom is -0.392 e. The van der Waals surface area contributed by atoms with Gasteiger partial charge in [0.25, 0.3) is 0 Å². The number of ether oxygens (including phenoxy) is 2. The van der Waals surface area contributed by atoms with E-state index < -0.39 is 12.2 Å². The van der Waals surface area contributed by atoms with Crippen LogP contribution in [0.4, 0.5) is 5.69 Å². The van der Waals surface area contributed by atoms with Gasteiger partial charge < -0.3 is 19.9 Å². The highest BCUT2D eigenvalue weighted by Gasteiger charge is 2.32. The zero-order chi connectivity index (χ0) is 28.2. The van der Waals surface area contributed by atoms with Gasteiger partial charge >= 0.3 is 0 Å². The first-order chi connectivity index (χ1) is 19.5. The fourth-order valence-electron chi connectivity index (χ4n) is 4.39. The predicted octanol–water partition coefficient (Wildman–Crippen LogP) is 4.42. The number of aromatic amines is 1. The fraction of sp³-hybridized carbons (Fsp3) is 0.429. The number of carbonyl (C=O) groups is 2. The number of benzene rings is 2. The van der Waals surface area contributed by atoms with E-state index in [-0.39, 0.29) is 31.1 Å². The number of unbranched alkanes of at least 4 members (excludes halogenated alkanes) is 3. The number of nitrogens with zero attached hydrogens (tertiary/aromatic N) is 2. The van der Waals surface area contributed by atoms with Crippen LogP contribution in [-0.2, 0) is 25.7 Å². The Bertz CT molecular complexity index is 1190. The minimum atomic E-state index is -0.589. The Kier molecular flexibility index (Phi) is 11.5. The molecule has 0 spiro atoms. The van der Waals surface area contributed by atoms with Crippen molar-refractivity contribution in [2.75, 3.05) is 11.1 Å². The third kappa shape index (κ3) is 9.14. The number of amides is 2. The maximum absolute atomic E-state index is 12.4. The molecule has 2 aromatic carbocycles. The molecule has 1 aromatic heterocycles. The topological polar surface area (TPSA) is 159 Å². The Hall–Kier alpha value is -3.29. The largest absolute Gasteiger partial charge is 0.392 e. The van der Waals surface area contributed by atoms with Gasteiger partial charge in [-0.15, -0.1) is 0 Å². The monoisotopic (exact) mass is 569 g/mol. The van der Waals surface area contributed by atoms with Crippen LogP contribution in [0.1, 0.15) is 74.0 Å². The molecular weight excluding hydrogens is 534 g/mol. The van der Waals surface area contributed by atoms with E-state index in [1.54, 1.807) is 5.48 Å². The van der Waals surface area contributed by atoms with E-state index in [0.29, 0.717) is 30.7 Å². The molecule has 2 amide bonds.